The van der Waals surface area contributed by atoms with Crippen LogP contribution in [0.15, 0.2) is 18.3 Å². The minimum absolute atomic E-state index is 0.00151. The molecule has 2 heterocycles. The third kappa shape index (κ3) is 3.76. The van der Waals surface area contributed by atoms with Gasteiger partial charge in [-0.25, -0.2) is 4.98 Å². The predicted molar refractivity (Wildman–Crippen MR) is 86.1 cm³/mol. The second kappa shape index (κ2) is 7.79. The molecule has 0 spiro atoms. The number of hydrogen-bond donors (Lipinski definition) is 2. The Bertz CT molecular complexity index is 636. The highest BCUT2D eigenvalue weighted by molar-refractivity contribution is 5.77. The number of aryl methyl sites for hydroxylation is 1. The van der Waals surface area contributed by atoms with E-state index in [1.807, 2.05) is 29.7 Å². The number of nitrogens with zero attached hydrogens (tertiary/aromatic N) is 2. The van der Waals surface area contributed by atoms with Crippen LogP contribution in [-0.4, -0.2) is 35.0 Å². The maximum absolute atomic E-state index is 11.7. The highest BCUT2D eigenvalue weighted by Crippen LogP contribution is 2.22. The fourth-order valence-electron chi connectivity index (χ4n) is 2.35. The average molecular weight is 304 g/mol. The Morgan fingerprint density at radius 2 is 2.32 bits per heavy atom. The van der Waals surface area contributed by atoms with Crippen molar-refractivity contribution in [2.75, 3.05) is 19.7 Å². The highest BCUT2D eigenvalue weighted by atomic mass is 16.5. The molecule has 0 aliphatic heterocycles. The molecule has 1 amide bonds. The lowest BCUT2D eigenvalue weighted by atomic mass is 10.2. The van der Waals surface area contributed by atoms with Crippen molar-refractivity contribution < 1.29 is 9.53 Å². The molecule has 0 atom stereocenters. The zero-order valence-corrected chi connectivity index (χ0v) is 13.3. The minimum atomic E-state index is -0.110. The lowest BCUT2D eigenvalue weighted by molar-refractivity contribution is -0.123. The molecule has 22 heavy (non-hydrogen) atoms. The molecule has 2 aromatic rings. The van der Waals surface area contributed by atoms with Gasteiger partial charge in [-0.15, -0.1) is 0 Å². The van der Waals surface area contributed by atoms with Crippen LogP contribution in [0.25, 0.3) is 5.65 Å². The molecule has 0 radical (unpaired) electrons. The van der Waals surface area contributed by atoms with E-state index in [2.05, 4.69) is 17.2 Å². The summed E-state index contributed by atoms with van der Waals surface area (Å²) in [5.74, 6) is 0.500. The summed E-state index contributed by atoms with van der Waals surface area (Å²) in [5.41, 5.74) is 8.39. The Kier molecular flexibility index (Phi) is 5.77. The van der Waals surface area contributed by atoms with Crippen molar-refractivity contribution in [3.63, 3.8) is 0 Å². The number of nitrogens with one attached hydrogen (secondary N) is 1. The molecule has 0 unspecified atom stereocenters. The number of aromatic nitrogens is 2. The number of ether oxygens (including phenoxy) is 1. The second-order valence-corrected chi connectivity index (χ2v) is 5.24. The maximum Gasteiger partial charge on any atom is 0.257 e. The van der Waals surface area contributed by atoms with E-state index >= 15 is 0 Å². The lowest BCUT2D eigenvalue weighted by Gasteiger charge is -2.08. The van der Waals surface area contributed by atoms with Gasteiger partial charge in [0, 0.05) is 24.9 Å². The van der Waals surface area contributed by atoms with Crippen molar-refractivity contribution in [3.05, 3.63) is 29.7 Å². The molecule has 0 aliphatic rings. The van der Waals surface area contributed by atoms with Crippen LogP contribution >= 0.6 is 0 Å². The molecule has 3 N–H and O–H groups in total. The normalized spacial score (nSPS) is 10.9. The molecule has 0 saturated heterocycles. The fraction of sp³-hybridized carbons (Fsp3) is 0.500. The molecule has 2 aromatic heterocycles. The molecule has 0 bridgehead atoms. The number of rotatable bonds is 8. The van der Waals surface area contributed by atoms with Crippen LogP contribution < -0.4 is 15.8 Å². The second-order valence-electron chi connectivity index (χ2n) is 5.24. The molecule has 6 heteroatoms. The number of hydrogen-bond acceptors (Lipinski definition) is 4. The summed E-state index contributed by atoms with van der Waals surface area (Å²) in [4.78, 5) is 16.3. The van der Waals surface area contributed by atoms with Crippen LogP contribution in [0.5, 0.6) is 5.75 Å². The summed E-state index contributed by atoms with van der Waals surface area (Å²) in [5, 5.41) is 2.83. The van der Waals surface area contributed by atoms with Crippen LogP contribution in [0, 0.1) is 6.92 Å². The van der Waals surface area contributed by atoms with Crippen molar-refractivity contribution in [3.8, 4) is 5.75 Å². The number of amides is 1. The Hall–Kier alpha value is -2.08. The zero-order valence-electron chi connectivity index (χ0n) is 13.3. The number of carbonyl (C=O) groups excluding carboxylic acids is 1. The molecule has 6 nitrogen and oxygen atoms in total. The van der Waals surface area contributed by atoms with Crippen LogP contribution in [0.4, 0.5) is 0 Å². The van der Waals surface area contributed by atoms with Crippen molar-refractivity contribution in [1.82, 2.24) is 14.7 Å². The van der Waals surface area contributed by atoms with Crippen molar-refractivity contribution in [1.29, 1.82) is 0 Å². The van der Waals surface area contributed by atoms with E-state index in [-0.39, 0.29) is 12.5 Å². The Balaban J connectivity index is 2.08. The monoisotopic (exact) mass is 304 g/mol. The third-order valence-corrected chi connectivity index (χ3v) is 3.51. The summed E-state index contributed by atoms with van der Waals surface area (Å²) in [7, 11) is 0. The first-order chi connectivity index (χ1) is 10.7. The number of carbonyl (C=O) groups is 1. The number of imidazole rings is 1. The first kappa shape index (κ1) is 16.3. The van der Waals surface area contributed by atoms with E-state index in [1.54, 1.807) is 0 Å². The average Bonchev–Trinajstić information content (AvgIpc) is 2.83. The van der Waals surface area contributed by atoms with Gasteiger partial charge in [-0.3, -0.25) is 4.79 Å². The van der Waals surface area contributed by atoms with E-state index in [0.717, 1.165) is 36.3 Å². The molecule has 2 rings (SSSR count). The quantitative estimate of drug-likeness (QED) is 0.723. The van der Waals surface area contributed by atoms with Crippen LogP contribution in [-0.2, 0) is 11.2 Å². The molecule has 0 aliphatic carbocycles. The minimum Gasteiger partial charge on any atom is -0.480 e. The van der Waals surface area contributed by atoms with Gasteiger partial charge < -0.3 is 20.2 Å². The van der Waals surface area contributed by atoms with Gasteiger partial charge in [0.25, 0.3) is 5.91 Å². The Morgan fingerprint density at radius 3 is 3.05 bits per heavy atom. The van der Waals surface area contributed by atoms with Gasteiger partial charge in [0.05, 0.1) is 5.69 Å². The van der Waals surface area contributed by atoms with E-state index in [1.165, 1.54) is 0 Å². The predicted octanol–water partition coefficient (Wildman–Crippen LogP) is 1.44. The van der Waals surface area contributed by atoms with Gasteiger partial charge in [-0.2, -0.15) is 0 Å². The summed E-state index contributed by atoms with van der Waals surface area (Å²) >= 11 is 0. The topological polar surface area (TPSA) is 81.6 Å². The lowest BCUT2D eigenvalue weighted by Crippen LogP contribution is -2.29. The van der Waals surface area contributed by atoms with Crippen LogP contribution in [0.1, 0.15) is 31.2 Å². The number of unbranched alkanes of at least 4 members (excludes halogenated alkanes) is 1. The highest BCUT2D eigenvalue weighted by Gasteiger charge is 2.12. The SMILES string of the molecule is CCCCNC(=O)COc1cccn2c(CCN)c(C)nc12. The molecule has 120 valence electrons. The summed E-state index contributed by atoms with van der Waals surface area (Å²) < 4.78 is 7.61. The zero-order chi connectivity index (χ0) is 15.9. The number of pyridine rings is 1. The fourth-order valence-corrected chi connectivity index (χ4v) is 2.35. The molecular formula is C16H24N4O2. The van der Waals surface area contributed by atoms with Gasteiger partial charge in [-0.1, -0.05) is 13.3 Å². The molecule has 0 saturated carbocycles. The maximum atomic E-state index is 11.7. The standard InChI is InChI=1S/C16H24N4O2/c1-3-4-9-18-15(21)11-22-14-6-5-10-20-13(7-8-17)12(2)19-16(14)20/h5-6,10H,3-4,7-9,11,17H2,1-2H3,(H,18,21). The first-order valence-electron chi connectivity index (χ1n) is 7.73. The third-order valence-electron chi connectivity index (χ3n) is 3.51. The molecule has 0 aromatic carbocycles. The van der Waals surface area contributed by atoms with Gasteiger partial charge in [0.15, 0.2) is 18.0 Å². The van der Waals surface area contributed by atoms with Crippen molar-refractivity contribution in [2.24, 2.45) is 5.73 Å². The van der Waals surface area contributed by atoms with Gasteiger partial charge >= 0.3 is 0 Å². The number of fused-ring (bicyclic) bond motifs is 1. The van der Waals surface area contributed by atoms with Crippen LogP contribution in [0.2, 0.25) is 0 Å². The summed E-state index contributed by atoms with van der Waals surface area (Å²) in [6.07, 6.45) is 4.73. The Labute approximate surface area is 130 Å². The Morgan fingerprint density at radius 1 is 1.50 bits per heavy atom. The van der Waals surface area contributed by atoms with E-state index in [9.17, 15) is 4.79 Å². The van der Waals surface area contributed by atoms with Crippen molar-refractivity contribution in [2.45, 2.75) is 33.1 Å². The van der Waals surface area contributed by atoms with Gasteiger partial charge in [0.2, 0.25) is 0 Å². The van der Waals surface area contributed by atoms with Gasteiger partial charge in [0.1, 0.15) is 0 Å². The number of nitrogens with two attached hydrogens (primary N) is 1. The largest absolute Gasteiger partial charge is 0.480 e. The molecular weight excluding hydrogens is 280 g/mol. The van der Waals surface area contributed by atoms with E-state index < -0.39 is 0 Å². The van der Waals surface area contributed by atoms with Crippen LogP contribution in [0.3, 0.4) is 0 Å². The van der Waals surface area contributed by atoms with E-state index in [4.69, 9.17) is 10.5 Å². The summed E-state index contributed by atoms with van der Waals surface area (Å²) in [6.45, 7) is 5.30. The smallest absolute Gasteiger partial charge is 0.257 e. The van der Waals surface area contributed by atoms with E-state index in [0.29, 0.717) is 18.8 Å². The van der Waals surface area contributed by atoms with Crippen molar-refractivity contribution >= 4 is 11.6 Å². The molecule has 0 fully saturated rings. The summed E-state index contributed by atoms with van der Waals surface area (Å²) in [6, 6.07) is 3.71. The van der Waals surface area contributed by atoms with Gasteiger partial charge in [-0.05, 0) is 32.0 Å². The first-order valence-corrected chi connectivity index (χ1v) is 7.73.